The molecule has 0 spiro atoms. The van der Waals surface area contributed by atoms with Crippen molar-refractivity contribution in [2.24, 2.45) is 0 Å². The van der Waals surface area contributed by atoms with Crippen molar-refractivity contribution in [1.29, 1.82) is 0 Å². The molecule has 0 saturated carbocycles. The summed E-state index contributed by atoms with van der Waals surface area (Å²) in [5, 5.41) is 8.89. The van der Waals surface area contributed by atoms with E-state index in [0.29, 0.717) is 16.9 Å². The van der Waals surface area contributed by atoms with E-state index in [1.807, 2.05) is 0 Å². The fourth-order valence-electron chi connectivity index (χ4n) is 1.47. The molecule has 11 heteroatoms. The summed E-state index contributed by atoms with van der Waals surface area (Å²) in [7, 11) is -7.44. The van der Waals surface area contributed by atoms with E-state index in [0.717, 1.165) is 0 Å². The van der Waals surface area contributed by atoms with Crippen LogP contribution in [0.4, 0.5) is 0 Å². The zero-order valence-corrected chi connectivity index (χ0v) is 13.9. The van der Waals surface area contributed by atoms with Crippen LogP contribution in [0.15, 0.2) is 10.3 Å². The summed E-state index contributed by atoms with van der Waals surface area (Å²) in [6.07, 6.45) is 0. The Bertz CT molecular complexity index is 720. The number of hydrogen-bond donors (Lipinski definition) is 3. The van der Waals surface area contributed by atoms with Gasteiger partial charge in [0.05, 0.1) is 5.75 Å². The lowest BCUT2D eigenvalue weighted by Gasteiger charge is -2.06. The first-order valence-electron chi connectivity index (χ1n) is 5.90. The average Bonchev–Trinajstić information content (AvgIpc) is 2.71. The summed E-state index contributed by atoms with van der Waals surface area (Å²) in [4.78, 5) is 10.8. The monoisotopic (exact) mass is 356 g/mol. The van der Waals surface area contributed by atoms with Gasteiger partial charge in [-0.05, 0) is 18.6 Å². The topological polar surface area (TPSA) is 130 Å². The van der Waals surface area contributed by atoms with Gasteiger partial charge in [-0.25, -0.2) is 31.1 Å². The molecule has 0 aliphatic rings. The number of sulfonamides is 2. The molecule has 0 aliphatic carbocycles. The average molecular weight is 356 g/mol. The molecule has 0 amide bonds. The fraction of sp³-hybridized carbons (Fsp3) is 0.500. The van der Waals surface area contributed by atoms with Crippen LogP contribution in [0.2, 0.25) is 0 Å². The zero-order valence-electron chi connectivity index (χ0n) is 11.4. The Kier molecular flexibility index (Phi) is 5.87. The van der Waals surface area contributed by atoms with Gasteiger partial charge in [-0.15, -0.1) is 11.3 Å². The first-order chi connectivity index (χ1) is 9.59. The highest BCUT2D eigenvalue weighted by Gasteiger charge is 2.22. The molecule has 1 rings (SSSR count). The Balaban J connectivity index is 2.79. The molecule has 0 aliphatic heterocycles. The van der Waals surface area contributed by atoms with Gasteiger partial charge in [0, 0.05) is 13.1 Å². The number of carboxylic acids is 1. The predicted molar refractivity (Wildman–Crippen MR) is 78.7 cm³/mol. The van der Waals surface area contributed by atoms with Crippen LogP contribution in [0.1, 0.15) is 22.2 Å². The van der Waals surface area contributed by atoms with Crippen LogP contribution < -0.4 is 9.44 Å². The van der Waals surface area contributed by atoms with E-state index < -0.39 is 31.8 Å². The Hall–Kier alpha value is -1.01. The lowest BCUT2D eigenvalue weighted by molar-refractivity contribution is 0.0701. The smallest absolute Gasteiger partial charge is 0.346 e. The zero-order chi connectivity index (χ0) is 16.3. The molecule has 8 nitrogen and oxygen atoms in total. The largest absolute Gasteiger partial charge is 0.477 e. The SMILES string of the molecule is CCNS(=O)(=O)CCNS(=O)(=O)c1cc(C)c(C(=O)O)s1. The van der Waals surface area contributed by atoms with Crippen molar-refractivity contribution in [2.75, 3.05) is 18.8 Å². The molecule has 0 radical (unpaired) electrons. The van der Waals surface area contributed by atoms with Gasteiger partial charge in [0.2, 0.25) is 20.0 Å². The van der Waals surface area contributed by atoms with Gasteiger partial charge in [-0.2, -0.15) is 0 Å². The molecular formula is C10H16N2O6S3. The molecular weight excluding hydrogens is 340 g/mol. The Morgan fingerprint density at radius 3 is 2.38 bits per heavy atom. The Labute approximate surface area is 127 Å². The number of rotatable bonds is 8. The maximum Gasteiger partial charge on any atom is 0.346 e. The summed E-state index contributed by atoms with van der Waals surface area (Å²) in [5.41, 5.74) is 0.341. The molecule has 0 fully saturated rings. The second-order valence-corrected chi connectivity index (χ2v) is 9.07. The van der Waals surface area contributed by atoms with E-state index in [4.69, 9.17) is 5.11 Å². The van der Waals surface area contributed by atoms with Gasteiger partial charge in [0.1, 0.15) is 9.09 Å². The third kappa shape index (κ3) is 5.04. The second-order valence-electron chi connectivity index (χ2n) is 4.10. The third-order valence-corrected chi connectivity index (χ3v) is 7.01. The van der Waals surface area contributed by atoms with Crippen molar-refractivity contribution < 1.29 is 26.7 Å². The lowest BCUT2D eigenvalue weighted by Crippen LogP contribution is -2.34. The molecule has 21 heavy (non-hydrogen) atoms. The van der Waals surface area contributed by atoms with Crippen LogP contribution in [0.3, 0.4) is 0 Å². The van der Waals surface area contributed by atoms with Crippen LogP contribution in [0.5, 0.6) is 0 Å². The summed E-state index contributed by atoms with van der Waals surface area (Å²) in [5.74, 6) is -1.59. The van der Waals surface area contributed by atoms with E-state index in [1.165, 1.54) is 13.0 Å². The quantitative estimate of drug-likeness (QED) is 0.600. The molecule has 0 atom stereocenters. The van der Waals surface area contributed by atoms with Crippen molar-refractivity contribution in [3.05, 3.63) is 16.5 Å². The number of thiophene rings is 1. The van der Waals surface area contributed by atoms with Gasteiger partial charge in [-0.3, -0.25) is 0 Å². The summed E-state index contributed by atoms with van der Waals surface area (Å²) in [6, 6.07) is 1.25. The molecule has 1 aromatic heterocycles. The van der Waals surface area contributed by atoms with Crippen molar-refractivity contribution in [1.82, 2.24) is 9.44 Å². The number of carboxylic acid groups (broad SMARTS) is 1. The third-order valence-electron chi connectivity index (χ3n) is 2.38. The maximum absolute atomic E-state index is 12.0. The van der Waals surface area contributed by atoms with Crippen LogP contribution in [0.25, 0.3) is 0 Å². The molecule has 120 valence electrons. The van der Waals surface area contributed by atoms with E-state index in [2.05, 4.69) is 9.44 Å². The second kappa shape index (κ2) is 6.83. The first kappa shape index (κ1) is 18.0. The predicted octanol–water partition coefficient (Wildman–Crippen LogP) is -0.0277. The van der Waals surface area contributed by atoms with Gasteiger partial charge < -0.3 is 5.11 Å². The van der Waals surface area contributed by atoms with E-state index in [-0.39, 0.29) is 22.2 Å². The summed E-state index contributed by atoms with van der Waals surface area (Å²) >= 11 is 0.628. The highest BCUT2D eigenvalue weighted by Crippen LogP contribution is 2.25. The van der Waals surface area contributed by atoms with E-state index >= 15 is 0 Å². The number of nitrogens with one attached hydrogen (secondary N) is 2. The lowest BCUT2D eigenvalue weighted by atomic mass is 10.3. The van der Waals surface area contributed by atoms with Crippen LogP contribution >= 0.6 is 11.3 Å². The van der Waals surface area contributed by atoms with Gasteiger partial charge in [-0.1, -0.05) is 6.92 Å². The normalized spacial score (nSPS) is 12.5. The van der Waals surface area contributed by atoms with Crippen molar-refractivity contribution in [3.8, 4) is 0 Å². The van der Waals surface area contributed by atoms with Gasteiger partial charge >= 0.3 is 5.97 Å². The van der Waals surface area contributed by atoms with Crippen molar-refractivity contribution in [2.45, 2.75) is 18.1 Å². The number of aromatic carboxylic acids is 1. The maximum atomic E-state index is 12.0. The number of carbonyl (C=O) groups is 1. The Morgan fingerprint density at radius 1 is 1.29 bits per heavy atom. The first-order valence-corrected chi connectivity index (χ1v) is 9.85. The molecule has 0 unspecified atom stereocenters. The number of aryl methyl sites for hydroxylation is 1. The van der Waals surface area contributed by atoms with Crippen molar-refractivity contribution >= 4 is 37.4 Å². The molecule has 3 N–H and O–H groups in total. The standard InChI is InChI=1S/C10H16N2O6S3/c1-3-11-20(15,16)5-4-12-21(17,18)8-6-7(2)9(19-8)10(13)14/h6,11-12H,3-5H2,1-2H3,(H,13,14). The molecule has 1 aromatic rings. The summed E-state index contributed by atoms with van der Waals surface area (Å²) < 4.78 is 50.9. The molecule has 1 heterocycles. The van der Waals surface area contributed by atoms with Gasteiger partial charge in [0.15, 0.2) is 0 Å². The van der Waals surface area contributed by atoms with Gasteiger partial charge in [0.25, 0.3) is 0 Å². The molecule has 0 aromatic carbocycles. The molecule has 0 bridgehead atoms. The highest BCUT2D eigenvalue weighted by molar-refractivity contribution is 7.92. The minimum atomic E-state index is -3.92. The van der Waals surface area contributed by atoms with E-state index in [9.17, 15) is 21.6 Å². The minimum absolute atomic E-state index is 0.0596. The van der Waals surface area contributed by atoms with Crippen LogP contribution in [-0.2, 0) is 20.0 Å². The van der Waals surface area contributed by atoms with E-state index in [1.54, 1.807) is 6.92 Å². The van der Waals surface area contributed by atoms with Crippen molar-refractivity contribution in [3.63, 3.8) is 0 Å². The van der Waals surface area contributed by atoms with Crippen LogP contribution in [-0.4, -0.2) is 46.8 Å². The number of hydrogen-bond acceptors (Lipinski definition) is 6. The fourth-order valence-corrected chi connectivity index (χ4v) is 5.01. The summed E-state index contributed by atoms with van der Waals surface area (Å²) in [6.45, 7) is 3.04. The molecule has 0 saturated heterocycles. The minimum Gasteiger partial charge on any atom is -0.477 e. The Morgan fingerprint density at radius 2 is 1.90 bits per heavy atom. The highest BCUT2D eigenvalue weighted by atomic mass is 32.2. The van der Waals surface area contributed by atoms with Crippen LogP contribution in [0, 0.1) is 6.92 Å².